The van der Waals surface area contributed by atoms with Crippen LogP contribution in [0.3, 0.4) is 0 Å². The topological polar surface area (TPSA) is 106 Å². The van der Waals surface area contributed by atoms with Crippen LogP contribution in [0, 0.1) is 5.92 Å². The van der Waals surface area contributed by atoms with Crippen LogP contribution in [0.15, 0.2) is 24.3 Å². The fourth-order valence-electron chi connectivity index (χ4n) is 3.43. The number of rotatable bonds is 10. The molecule has 170 valence electrons. The summed E-state index contributed by atoms with van der Waals surface area (Å²) < 4.78 is 16.9. The Kier molecular flexibility index (Phi) is 12.5. The SMILES string of the molecule is CCCCCN1CC[C@H](CCOc2cccc(OC)c2)[C@H](OC)C1.O=C(O)C(=O)O. The number of benzene rings is 1. The van der Waals surface area contributed by atoms with Gasteiger partial charge in [0.2, 0.25) is 0 Å². The zero-order chi connectivity index (χ0) is 22.4. The Morgan fingerprint density at radius 1 is 1.13 bits per heavy atom. The highest BCUT2D eigenvalue weighted by atomic mass is 16.5. The predicted molar refractivity (Wildman–Crippen MR) is 113 cm³/mol. The Labute approximate surface area is 178 Å². The first-order valence-corrected chi connectivity index (χ1v) is 10.4. The van der Waals surface area contributed by atoms with Crippen molar-refractivity contribution in [3.8, 4) is 11.5 Å². The smallest absolute Gasteiger partial charge is 0.414 e. The maximum absolute atomic E-state index is 9.10. The van der Waals surface area contributed by atoms with Gasteiger partial charge >= 0.3 is 11.9 Å². The fraction of sp³-hybridized carbons (Fsp3) is 0.636. The van der Waals surface area contributed by atoms with Crippen LogP contribution in [0.2, 0.25) is 0 Å². The zero-order valence-corrected chi connectivity index (χ0v) is 18.2. The Hall–Kier alpha value is -2.32. The number of aliphatic carboxylic acids is 2. The number of carbonyl (C=O) groups is 2. The van der Waals surface area contributed by atoms with E-state index < -0.39 is 11.9 Å². The minimum absolute atomic E-state index is 0.328. The molecule has 1 saturated heterocycles. The van der Waals surface area contributed by atoms with E-state index in [9.17, 15) is 0 Å². The molecule has 0 bridgehead atoms. The van der Waals surface area contributed by atoms with E-state index in [1.807, 2.05) is 31.4 Å². The molecule has 0 unspecified atom stereocenters. The van der Waals surface area contributed by atoms with Gasteiger partial charge in [0, 0.05) is 19.7 Å². The molecule has 0 radical (unpaired) electrons. The molecule has 30 heavy (non-hydrogen) atoms. The lowest BCUT2D eigenvalue weighted by molar-refractivity contribution is -0.159. The van der Waals surface area contributed by atoms with Crippen molar-refractivity contribution in [1.82, 2.24) is 4.90 Å². The van der Waals surface area contributed by atoms with Crippen molar-refractivity contribution in [1.29, 1.82) is 0 Å². The molecular formula is C22H35NO7. The minimum atomic E-state index is -1.82. The molecule has 1 aliphatic rings. The number of piperidine rings is 1. The molecular weight excluding hydrogens is 390 g/mol. The Balaban J connectivity index is 0.000000656. The normalized spacial score (nSPS) is 18.8. The van der Waals surface area contributed by atoms with E-state index in [1.54, 1.807) is 7.11 Å². The fourth-order valence-corrected chi connectivity index (χ4v) is 3.43. The molecule has 0 amide bonds. The number of likely N-dealkylation sites (tertiary alicyclic amines) is 1. The summed E-state index contributed by atoms with van der Waals surface area (Å²) in [4.78, 5) is 20.8. The molecule has 8 heteroatoms. The zero-order valence-electron chi connectivity index (χ0n) is 18.2. The maximum atomic E-state index is 9.10. The summed E-state index contributed by atoms with van der Waals surface area (Å²) in [5, 5.41) is 14.8. The highest BCUT2D eigenvalue weighted by Gasteiger charge is 2.28. The van der Waals surface area contributed by atoms with Gasteiger partial charge < -0.3 is 29.3 Å². The van der Waals surface area contributed by atoms with Crippen LogP contribution in [0.25, 0.3) is 0 Å². The maximum Gasteiger partial charge on any atom is 0.414 e. The average molecular weight is 426 g/mol. The highest BCUT2D eigenvalue weighted by Crippen LogP contribution is 2.25. The first kappa shape index (κ1) is 25.7. The summed E-state index contributed by atoms with van der Waals surface area (Å²) in [6, 6.07) is 7.81. The van der Waals surface area contributed by atoms with Gasteiger partial charge in [-0.3, -0.25) is 0 Å². The number of carboxylic acid groups (broad SMARTS) is 2. The molecule has 1 fully saturated rings. The molecule has 1 aliphatic heterocycles. The van der Waals surface area contributed by atoms with Gasteiger partial charge in [0.05, 0.1) is 19.8 Å². The quantitative estimate of drug-likeness (QED) is 0.435. The van der Waals surface area contributed by atoms with Crippen LogP contribution in [-0.2, 0) is 14.3 Å². The number of hydrogen-bond acceptors (Lipinski definition) is 6. The van der Waals surface area contributed by atoms with Crippen LogP contribution < -0.4 is 9.47 Å². The van der Waals surface area contributed by atoms with Gasteiger partial charge in [-0.15, -0.1) is 0 Å². The molecule has 0 aliphatic carbocycles. The third-order valence-electron chi connectivity index (χ3n) is 5.14. The van der Waals surface area contributed by atoms with E-state index in [-0.39, 0.29) is 0 Å². The molecule has 2 N–H and O–H groups in total. The second-order valence-electron chi connectivity index (χ2n) is 7.26. The van der Waals surface area contributed by atoms with E-state index in [4.69, 9.17) is 34.0 Å². The van der Waals surface area contributed by atoms with Gasteiger partial charge in [0.1, 0.15) is 11.5 Å². The Morgan fingerprint density at radius 2 is 1.83 bits per heavy atom. The summed E-state index contributed by atoms with van der Waals surface area (Å²) in [6.45, 7) is 6.44. The van der Waals surface area contributed by atoms with E-state index in [2.05, 4.69) is 11.8 Å². The number of methoxy groups -OCH3 is 2. The molecule has 1 heterocycles. The second-order valence-corrected chi connectivity index (χ2v) is 7.26. The number of hydrogen-bond donors (Lipinski definition) is 2. The molecule has 1 aromatic carbocycles. The van der Waals surface area contributed by atoms with E-state index >= 15 is 0 Å². The van der Waals surface area contributed by atoms with Crippen LogP contribution in [0.1, 0.15) is 39.0 Å². The highest BCUT2D eigenvalue weighted by molar-refractivity contribution is 6.27. The van der Waals surface area contributed by atoms with Crippen LogP contribution >= 0.6 is 0 Å². The summed E-state index contributed by atoms with van der Waals surface area (Å²) in [7, 11) is 3.52. The first-order valence-electron chi connectivity index (χ1n) is 10.4. The molecule has 1 aromatic rings. The van der Waals surface area contributed by atoms with Crippen molar-refractivity contribution < 1.29 is 34.0 Å². The summed E-state index contributed by atoms with van der Waals surface area (Å²) >= 11 is 0. The van der Waals surface area contributed by atoms with Gasteiger partial charge in [-0.1, -0.05) is 25.8 Å². The number of nitrogens with zero attached hydrogens (tertiary/aromatic N) is 1. The third kappa shape index (κ3) is 9.93. The number of carboxylic acids is 2. The van der Waals surface area contributed by atoms with E-state index in [1.165, 1.54) is 38.8 Å². The average Bonchev–Trinajstić information content (AvgIpc) is 2.75. The van der Waals surface area contributed by atoms with Crippen molar-refractivity contribution in [2.24, 2.45) is 5.92 Å². The standard InChI is InChI=1S/C20H33NO3.C2H2O4/c1-4-5-6-12-21-13-10-17(20(16-21)23-3)11-14-24-19-9-7-8-18(15-19)22-2;3-1(4)2(5)6/h7-9,15,17,20H,4-6,10-14,16H2,1-3H3;(H,3,4)(H,5,6)/t17-,20-;/m1./s1. The van der Waals surface area contributed by atoms with E-state index in [0.29, 0.717) is 12.0 Å². The molecule has 2 rings (SSSR count). The second kappa shape index (κ2) is 14.6. The lowest BCUT2D eigenvalue weighted by atomic mass is 9.91. The Bertz CT molecular complexity index is 626. The van der Waals surface area contributed by atoms with Crippen molar-refractivity contribution >= 4 is 11.9 Å². The lowest BCUT2D eigenvalue weighted by Crippen LogP contribution is -2.45. The number of ether oxygens (including phenoxy) is 3. The number of unbranched alkanes of at least 4 members (excludes halogenated alkanes) is 2. The molecule has 8 nitrogen and oxygen atoms in total. The van der Waals surface area contributed by atoms with Gasteiger partial charge in [0.25, 0.3) is 0 Å². The summed E-state index contributed by atoms with van der Waals surface area (Å²) in [6.07, 6.45) is 6.48. The van der Waals surface area contributed by atoms with Gasteiger partial charge in [0.15, 0.2) is 0 Å². The molecule has 0 aromatic heterocycles. The largest absolute Gasteiger partial charge is 0.497 e. The van der Waals surface area contributed by atoms with Crippen LogP contribution in [0.5, 0.6) is 11.5 Å². The van der Waals surface area contributed by atoms with Crippen molar-refractivity contribution in [2.75, 3.05) is 40.5 Å². The first-order chi connectivity index (χ1) is 14.4. The van der Waals surface area contributed by atoms with Crippen molar-refractivity contribution in [2.45, 2.75) is 45.1 Å². The predicted octanol–water partition coefficient (Wildman–Crippen LogP) is 3.15. The van der Waals surface area contributed by atoms with Gasteiger partial charge in [-0.25, -0.2) is 9.59 Å². The Morgan fingerprint density at radius 3 is 2.43 bits per heavy atom. The van der Waals surface area contributed by atoms with E-state index in [0.717, 1.165) is 31.1 Å². The lowest BCUT2D eigenvalue weighted by Gasteiger charge is -2.37. The summed E-state index contributed by atoms with van der Waals surface area (Å²) in [5.41, 5.74) is 0. The van der Waals surface area contributed by atoms with Crippen LogP contribution in [0.4, 0.5) is 0 Å². The minimum Gasteiger partial charge on any atom is -0.497 e. The molecule has 0 saturated carbocycles. The monoisotopic (exact) mass is 425 g/mol. The van der Waals surface area contributed by atoms with Crippen LogP contribution in [-0.4, -0.2) is 73.6 Å². The van der Waals surface area contributed by atoms with Gasteiger partial charge in [-0.2, -0.15) is 0 Å². The molecule has 2 atom stereocenters. The van der Waals surface area contributed by atoms with Crippen molar-refractivity contribution in [3.63, 3.8) is 0 Å². The van der Waals surface area contributed by atoms with Crippen molar-refractivity contribution in [3.05, 3.63) is 24.3 Å². The summed E-state index contributed by atoms with van der Waals surface area (Å²) in [5.74, 6) is -1.35. The van der Waals surface area contributed by atoms with Gasteiger partial charge in [-0.05, 0) is 50.4 Å². The third-order valence-corrected chi connectivity index (χ3v) is 5.14. The molecule has 0 spiro atoms.